The molecule has 2 amide bonds. The number of aliphatic hydroxyl groups is 1. The predicted molar refractivity (Wildman–Crippen MR) is 240 cm³/mol. The monoisotopic (exact) mass is 855 g/mol. The van der Waals surface area contributed by atoms with Gasteiger partial charge in [0, 0.05) is 70.4 Å². The molecule has 2 saturated heterocycles. The number of nitrogens with zero attached hydrogens (tertiary/aromatic N) is 9. The normalized spacial score (nSPS) is 19.2. The van der Waals surface area contributed by atoms with Crippen LogP contribution in [0.3, 0.4) is 0 Å². The number of hydrogen-bond donors (Lipinski definition) is 3. The van der Waals surface area contributed by atoms with Gasteiger partial charge in [-0.25, -0.2) is 24.1 Å². The molecule has 4 aromatic heterocycles. The van der Waals surface area contributed by atoms with E-state index in [0.29, 0.717) is 66.5 Å². The number of carbonyl (C=O) groups is 2. The molecule has 1 aliphatic carbocycles. The minimum Gasteiger partial charge on any atom is -0.384 e. The van der Waals surface area contributed by atoms with Crippen molar-refractivity contribution in [1.29, 1.82) is 0 Å². The van der Waals surface area contributed by atoms with Gasteiger partial charge in [-0.3, -0.25) is 33.7 Å². The number of imidazole rings is 1. The summed E-state index contributed by atoms with van der Waals surface area (Å²) in [6, 6.07) is 17.2. The van der Waals surface area contributed by atoms with Crippen molar-refractivity contribution in [2.24, 2.45) is 7.05 Å². The molecular formula is C46H53N11O6. The van der Waals surface area contributed by atoms with Crippen molar-refractivity contribution in [3.63, 3.8) is 0 Å². The number of imide groups is 1. The SMILES string of the molecule is C=CCn1c(=O)c2cnc(Nc3ccc(N4CCN(CCOCCCc5ccc6c(c5)n(C)c(=O)n6C5CCC(=O)NC5=O)CC4)cc3)nc2n1-c1ccc2c(n1)[C@@](O)(CC)CC2. The molecule has 2 atom stereocenters. The fourth-order valence-corrected chi connectivity index (χ4v) is 9.20. The first-order valence-electron chi connectivity index (χ1n) is 21.8. The highest BCUT2D eigenvalue weighted by atomic mass is 16.5. The number of aryl methyl sites for hydroxylation is 3. The number of nitrogens with one attached hydrogen (secondary N) is 2. The van der Waals surface area contributed by atoms with E-state index in [2.05, 4.69) is 44.1 Å². The number of ether oxygens (including phenoxy) is 1. The van der Waals surface area contributed by atoms with Crippen molar-refractivity contribution < 1.29 is 19.4 Å². The van der Waals surface area contributed by atoms with Crippen LogP contribution in [-0.4, -0.2) is 101 Å². The molecule has 2 aliphatic heterocycles. The van der Waals surface area contributed by atoms with Crippen molar-refractivity contribution in [3.8, 4) is 5.82 Å². The van der Waals surface area contributed by atoms with Gasteiger partial charge in [-0.2, -0.15) is 4.98 Å². The fourth-order valence-electron chi connectivity index (χ4n) is 9.20. The maximum absolute atomic E-state index is 13.5. The lowest BCUT2D eigenvalue weighted by molar-refractivity contribution is -0.135. The maximum Gasteiger partial charge on any atom is 0.329 e. The summed E-state index contributed by atoms with van der Waals surface area (Å²) in [4.78, 5) is 69.7. The molecule has 2 aromatic carbocycles. The van der Waals surface area contributed by atoms with Gasteiger partial charge in [-0.1, -0.05) is 25.1 Å². The highest BCUT2D eigenvalue weighted by Crippen LogP contribution is 2.38. The number of piperidine rings is 1. The number of benzene rings is 2. The van der Waals surface area contributed by atoms with E-state index in [-0.39, 0.29) is 30.1 Å². The lowest BCUT2D eigenvalue weighted by Crippen LogP contribution is -2.47. The average Bonchev–Trinajstić information content (AvgIpc) is 3.87. The Morgan fingerprint density at radius 1 is 0.984 bits per heavy atom. The number of aromatic nitrogens is 7. The van der Waals surface area contributed by atoms with E-state index >= 15 is 0 Å². The average molecular weight is 856 g/mol. The summed E-state index contributed by atoms with van der Waals surface area (Å²) >= 11 is 0. The van der Waals surface area contributed by atoms with Crippen molar-refractivity contribution in [2.75, 3.05) is 56.2 Å². The zero-order valence-corrected chi connectivity index (χ0v) is 35.8. The van der Waals surface area contributed by atoms with Gasteiger partial charge in [0.25, 0.3) is 5.56 Å². The quantitative estimate of drug-likeness (QED) is 0.0771. The highest BCUT2D eigenvalue weighted by Gasteiger charge is 2.37. The van der Waals surface area contributed by atoms with Gasteiger partial charge in [0.1, 0.15) is 17.0 Å². The van der Waals surface area contributed by atoms with Crippen LogP contribution in [0.1, 0.15) is 61.9 Å². The topological polar surface area (TPSA) is 187 Å². The van der Waals surface area contributed by atoms with Gasteiger partial charge in [0.05, 0.1) is 29.9 Å². The van der Waals surface area contributed by atoms with E-state index in [0.717, 1.165) is 80.0 Å². The number of anilines is 3. The number of pyridine rings is 1. The molecule has 3 N–H and O–H groups in total. The second-order valence-electron chi connectivity index (χ2n) is 16.7. The Morgan fingerprint density at radius 2 is 1.79 bits per heavy atom. The molecule has 0 radical (unpaired) electrons. The molecule has 0 spiro atoms. The standard InChI is InChI=1S/C46H53N11O6/c1-4-20-55-43(60)34-29-47-44(51-41(34)57(55)38-16-9-31-18-19-46(62,5-2)40(31)49-38)48-32-10-12-33(13-11-32)54-23-21-53(22-24-54)25-27-63-26-6-7-30-8-14-35-37(28-30)52(3)45(61)56(35)36-15-17-39(58)50-42(36)59/h4,8-14,16,28-29,36,62H,1,5-7,15,17-27H2,2-3H3,(H,47,48,51)(H,50,58,59)/t36?,46-/m1/s1. The first-order valence-corrected chi connectivity index (χ1v) is 21.8. The van der Waals surface area contributed by atoms with E-state index < -0.39 is 17.6 Å². The Balaban J connectivity index is 0.756. The third-order valence-electron chi connectivity index (χ3n) is 12.8. The minimum atomic E-state index is -0.999. The highest BCUT2D eigenvalue weighted by molar-refractivity contribution is 6.00. The number of allylic oxidation sites excluding steroid dienone is 1. The number of piperazine rings is 1. The molecule has 3 aliphatic rings. The van der Waals surface area contributed by atoms with E-state index in [4.69, 9.17) is 14.7 Å². The van der Waals surface area contributed by atoms with Crippen molar-refractivity contribution in [2.45, 2.75) is 70.1 Å². The molecule has 1 unspecified atom stereocenters. The summed E-state index contributed by atoms with van der Waals surface area (Å²) < 4.78 is 12.3. The second kappa shape index (κ2) is 17.4. The molecule has 17 heteroatoms. The van der Waals surface area contributed by atoms with Crippen molar-refractivity contribution in [3.05, 3.63) is 111 Å². The Kier molecular flexibility index (Phi) is 11.6. The van der Waals surface area contributed by atoms with Crippen LogP contribution in [-0.2, 0) is 46.4 Å². The predicted octanol–water partition coefficient (Wildman–Crippen LogP) is 3.85. The van der Waals surface area contributed by atoms with Gasteiger partial charge in [-0.05, 0) is 92.1 Å². The van der Waals surface area contributed by atoms with E-state index in [1.54, 1.807) is 33.3 Å². The molecule has 63 heavy (non-hydrogen) atoms. The lowest BCUT2D eigenvalue weighted by atomic mass is 9.98. The molecule has 9 rings (SSSR count). The van der Waals surface area contributed by atoms with Crippen LogP contribution in [0, 0.1) is 0 Å². The van der Waals surface area contributed by atoms with Crippen molar-refractivity contribution in [1.82, 2.24) is 43.7 Å². The molecular weight excluding hydrogens is 803 g/mol. The van der Waals surface area contributed by atoms with Gasteiger partial charge in [0.15, 0.2) is 11.5 Å². The van der Waals surface area contributed by atoms with Gasteiger partial charge >= 0.3 is 5.69 Å². The summed E-state index contributed by atoms with van der Waals surface area (Å²) in [5, 5.41) is 17.3. The van der Waals surface area contributed by atoms with E-state index in [1.807, 2.05) is 49.4 Å². The van der Waals surface area contributed by atoms with Gasteiger partial charge < -0.3 is 20.1 Å². The third-order valence-corrected chi connectivity index (χ3v) is 12.8. The maximum atomic E-state index is 13.5. The molecule has 17 nitrogen and oxygen atoms in total. The summed E-state index contributed by atoms with van der Waals surface area (Å²) in [6.45, 7) is 11.8. The second-order valence-corrected chi connectivity index (χ2v) is 16.7. The van der Waals surface area contributed by atoms with Gasteiger partial charge in [0.2, 0.25) is 17.8 Å². The van der Waals surface area contributed by atoms with Crippen molar-refractivity contribution >= 4 is 51.2 Å². The number of fused-ring (bicyclic) bond motifs is 3. The first kappa shape index (κ1) is 41.9. The van der Waals surface area contributed by atoms with Crippen LogP contribution in [0.4, 0.5) is 17.3 Å². The number of carbonyl (C=O) groups excluding carboxylic acids is 2. The first-order chi connectivity index (χ1) is 30.5. The largest absolute Gasteiger partial charge is 0.384 e. The number of amides is 2. The molecule has 328 valence electrons. The minimum absolute atomic E-state index is 0.212. The van der Waals surface area contributed by atoms with Crippen LogP contribution in [0.2, 0.25) is 0 Å². The molecule has 6 aromatic rings. The zero-order chi connectivity index (χ0) is 43.8. The van der Waals surface area contributed by atoms with E-state index in [1.165, 1.54) is 4.57 Å². The van der Waals surface area contributed by atoms with Crippen LogP contribution in [0.15, 0.2) is 83.0 Å². The third kappa shape index (κ3) is 8.07. The molecule has 2 fully saturated rings. The number of rotatable bonds is 15. The summed E-state index contributed by atoms with van der Waals surface area (Å²) in [7, 11) is 1.71. The molecule has 0 saturated carbocycles. The van der Waals surface area contributed by atoms with Crippen LogP contribution in [0.25, 0.3) is 27.9 Å². The van der Waals surface area contributed by atoms with Crippen LogP contribution in [0.5, 0.6) is 0 Å². The Hall–Kier alpha value is -6.43. The Labute approximate surface area is 363 Å². The van der Waals surface area contributed by atoms with Crippen LogP contribution < -0.4 is 26.8 Å². The Bertz CT molecular complexity index is 2830. The number of hydrogen-bond acceptors (Lipinski definition) is 12. The summed E-state index contributed by atoms with van der Waals surface area (Å²) in [6.07, 6.45) is 7.29. The van der Waals surface area contributed by atoms with E-state index in [9.17, 15) is 24.3 Å². The van der Waals surface area contributed by atoms with Gasteiger partial charge in [-0.15, -0.1) is 6.58 Å². The Morgan fingerprint density at radius 3 is 2.56 bits per heavy atom. The summed E-state index contributed by atoms with van der Waals surface area (Å²) in [5.41, 5.74) is 5.05. The zero-order valence-electron chi connectivity index (χ0n) is 35.8. The smallest absolute Gasteiger partial charge is 0.329 e. The summed E-state index contributed by atoms with van der Waals surface area (Å²) in [5.74, 6) is 0.102. The molecule has 6 heterocycles. The lowest BCUT2D eigenvalue weighted by Gasteiger charge is -2.36. The fraction of sp³-hybridized carbons (Fsp3) is 0.413. The molecule has 0 bridgehead atoms. The van der Waals surface area contributed by atoms with Crippen LogP contribution >= 0.6 is 0 Å².